The number of H-pyrrole nitrogens is 1. The first-order valence-corrected chi connectivity index (χ1v) is 5.75. The number of benzene rings is 1. The van der Waals surface area contributed by atoms with Crippen molar-refractivity contribution in [2.75, 3.05) is 0 Å². The van der Waals surface area contributed by atoms with Crippen LogP contribution >= 0.6 is 0 Å². The number of aryl methyl sites for hydroxylation is 3. The molecule has 0 fully saturated rings. The zero-order chi connectivity index (χ0) is 13.4. The molecule has 0 radical (unpaired) electrons. The molecule has 18 heavy (non-hydrogen) atoms. The van der Waals surface area contributed by atoms with E-state index >= 15 is 0 Å². The van der Waals surface area contributed by atoms with Gasteiger partial charge in [-0.3, -0.25) is 4.79 Å². The molecular formula is C14H15FN2O. The second-order valence-electron chi connectivity index (χ2n) is 4.56. The number of halogens is 1. The van der Waals surface area contributed by atoms with Crippen LogP contribution in [0.4, 0.5) is 4.39 Å². The van der Waals surface area contributed by atoms with E-state index in [2.05, 4.69) is 9.97 Å². The Kier molecular flexibility index (Phi) is 3.03. The molecule has 0 saturated heterocycles. The summed E-state index contributed by atoms with van der Waals surface area (Å²) in [5, 5.41) is 0. The van der Waals surface area contributed by atoms with Gasteiger partial charge < -0.3 is 4.98 Å². The number of aromatic nitrogens is 2. The van der Waals surface area contributed by atoms with Crippen molar-refractivity contribution in [2.45, 2.75) is 27.7 Å². The third-order valence-corrected chi connectivity index (χ3v) is 2.94. The Morgan fingerprint density at radius 3 is 2.44 bits per heavy atom. The summed E-state index contributed by atoms with van der Waals surface area (Å²) in [5.74, 6) is 0.146. The molecule has 0 unspecified atom stereocenters. The number of nitrogens with one attached hydrogen (secondary N) is 1. The Labute approximate surface area is 105 Å². The lowest BCUT2D eigenvalue weighted by Crippen LogP contribution is -2.15. The maximum atomic E-state index is 14.1. The van der Waals surface area contributed by atoms with Crippen LogP contribution in [0.3, 0.4) is 0 Å². The number of hydrogen-bond acceptors (Lipinski definition) is 2. The predicted octanol–water partition coefficient (Wildman–Crippen LogP) is 2.81. The van der Waals surface area contributed by atoms with Crippen molar-refractivity contribution in [1.82, 2.24) is 9.97 Å². The molecule has 94 valence electrons. The normalized spacial score (nSPS) is 10.7. The average molecular weight is 246 g/mol. The Balaban J connectivity index is 2.81. The van der Waals surface area contributed by atoms with Crippen molar-refractivity contribution in [2.24, 2.45) is 0 Å². The fraction of sp³-hybridized carbons (Fsp3) is 0.286. The smallest absolute Gasteiger partial charge is 0.254 e. The van der Waals surface area contributed by atoms with Gasteiger partial charge in [-0.1, -0.05) is 6.07 Å². The molecule has 2 rings (SSSR count). The maximum absolute atomic E-state index is 14.1. The minimum atomic E-state index is -0.340. The predicted molar refractivity (Wildman–Crippen MR) is 69.2 cm³/mol. The minimum Gasteiger partial charge on any atom is -0.311 e. The molecule has 0 aliphatic heterocycles. The molecular weight excluding hydrogens is 231 g/mol. The van der Waals surface area contributed by atoms with Crippen molar-refractivity contribution in [1.29, 1.82) is 0 Å². The lowest BCUT2D eigenvalue weighted by Gasteiger charge is -2.11. The standard InChI is InChI=1S/C14H15FN2O/c1-7-5-8(2)12(11(15)6-7)13-9(3)14(18)17-10(4)16-13/h5-6H,1-4H3,(H,16,17,18). The summed E-state index contributed by atoms with van der Waals surface area (Å²) in [6.07, 6.45) is 0. The van der Waals surface area contributed by atoms with Gasteiger partial charge in [0.15, 0.2) is 0 Å². The molecule has 4 heteroatoms. The summed E-state index contributed by atoms with van der Waals surface area (Å²) in [7, 11) is 0. The van der Waals surface area contributed by atoms with E-state index in [1.807, 2.05) is 19.9 Å². The van der Waals surface area contributed by atoms with Crippen molar-refractivity contribution < 1.29 is 4.39 Å². The van der Waals surface area contributed by atoms with Gasteiger partial charge in [0.05, 0.1) is 5.69 Å². The van der Waals surface area contributed by atoms with E-state index in [4.69, 9.17) is 0 Å². The third-order valence-electron chi connectivity index (χ3n) is 2.94. The fourth-order valence-electron chi connectivity index (χ4n) is 2.10. The first-order valence-electron chi connectivity index (χ1n) is 5.75. The first kappa shape index (κ1) is 12.5. The summed E-state index contributed by atoms with van der Waals surface area (Å²) in [4.78, 5) is 18.6. The van der Waals surface area contributed by atoms with Crippen LogP contribution < -0.4 is 5.56 Å². The van der Waals surface area contributed by atoms with Crippen LogP contribution in [-0.4, -0.2) is 9.97 Å². The second-order valence-corrected chi connectivity index (χ2v) is 4.56. The maximum Gasteiger partial charge on any atom is 0.254 e. The van der Waals surface area contributed by atoms with Crippen LogP contribution in [0.2, 0.25) is 0 Å². The third kappa shape index (κ3) is 2.06. The van der Waals surface area contributed by atoms with Crippen molar-refractivity contribution >= 4 is 0 Å². The second kappa shape index (κ2) is 4.37. The van der Waals surface area contributed by atoms with Gasteiger partial charge in [0, 0.05) is 11.1 Å². The Hall–Kier alpha value is -1.97. The summed E-state index contributed by atoms with van der Waals surface area (Å²) in [6.45, 7) is 7.00. The molecule has 0 aliphatic carbocycles. The Morgan fingerprint density at radius 1 is 1.17 bits per heavy atom. The van der Waals surface area contributed by atoms with Crippen LogP contribution in [0.5, 0.6) is 0 Å². The number of nitrogens with zero attached hydrogens (tertiary/aromatic N) is 1. The summed E-state index contributed by atoms with van der Waals surface area (Å²) < 4.78 is 14.1. The molecule has 0 atom stereocenters. The summed E-state index contributed by atoms with van der Waals surface area (Å²) in [6, 6.07) is 3.34. The van der Waals surface area contributed by atoms with Crippen molar-refractivity contribution in [3.63, 3.8) is 0 Å². The van der Waals surface area contributed by atoms with Gasteiger partial charge >= 0.3 is 0 Å². The van der Waals surface area contributed by atoms with Crippen molar-refractivity contribution in [3.8, 4) is 11.3 Å². The lowest BCUT2D eigenvalue weighted by atomic mass is 9.99. The quantitative estimate of drug-likeness (QED) is 0.841. The van der Waals surface area contributed by atoms with Crippen LogP contribution in [-0.2, 0) is 0 Å². The van der Waals surface area contributed by atoms with E-state index in [9.17, 15) is 9.18 Å². The van der Waals surface area contributed by atoms with E-state index in [0.717, 1.165) is 11.1 Å². The zero-order valence-corrected chi connectivity index (χ0v) is 10.9. The Bertz CT molecular complexity index is 651. The molecule has 1 N–H and O–H groups in total. The highest BCUT2D eigenvalue weighted by Crippen LogP contribution is 2.27. The molecule has 1 aromatic carbocycles. The molecule has 0 spiro atoms. The molecule has 0 saturated carbocycles. The highest BCUT2D eigenvalue weighted by atomic mass is 19.1. The molecule has 0 aliphatic rings. The van der Waals surface area contributed by atoms with Gasteiger partial charge in [-0.2, -0.15) is 0 Å². The molecule has 0 amide bonds. The lowest BCUT2D eigenvalue weighted by molar-refractivity contribution is 0.628. The van der Waals surface area contributed by atoms with Gasteiger partial charge in [-0.15, -0.1) is 0 Å². The minimum absolute atomic E-state index is 0.225. The SMILES string of the molecule is Cc1cc(C)c(-c2nc(C)[nH]c(=O)c2C)c(F)c1. The largest absolute Gasteiger partial charge is 0.311 e. The van der Waals surface area contributed by atoms with E-state index in [1.165, 1.54) is 6.07 Å². The van der Waals surface area contributed by atoms with E-state index in [-0.39, 0.29) is 11.4 Å². The van der Waals surface area contributed by atoms with E-state index in [0.29, 0.717) is 22.6 Å². The van der Waals surface area contributed by atoms with Gasteiger partial charge in [0.2, 0.25) is 0 Å². The monoisotopic (exact) mass is 246 g/mol. The number of aromatic amines is 1. The molecule has 1 heterocycles. The van der Waals surface area contributed by atoms with Gasteiger partial charge in [-0.05, 0) is 44.9 Å². The van der Waals surface area contributed by atoms with Crippen LogP contribution in [0, 0.1) is 33.5 Å². The summed E-state index contributed by atoms with van der Waals surface area (Å²) in [5.41, 5.74) is 2.68. The molecule has 3 nitrogen and oxygen atoms in total. The van der Waals surface area contributed by atoms with Crippen molar-refractivity contribution in [3.05, 3.63) is 50.8 Å². The average Bonchev–Trinajstić information content (AvgIpc) is 2.23. The van der Waals surface area contributed by atoms with Gasteiger partial charge in [-0.25, -0.2) is 9.37 Å². The number of hydrogen-bond donors (Lipinski definition) is 1. The first-order chi connectivity index (χ1) is 8.40. The van der Waals surface area contributed by atoms with E-state index in [1.54, 1.807) is 13.8 Å². The van der Waals surface area contributed by atoms with Crippen LogP contribution in [0.15, 0.2) is 16.9 Å². The summed E-state index contributed by atoms with van der Waals surface area (Å²) >= 11 is 0. The highest BCUT2D eigenvalue weighted by molar-refractivity contribution is 5.67. The topological polar surface area (TPSA) is 45.8 Å². The van der Waals surface area contributed by atoms with Crippen LogP contribution in [0.1, 0.15) is 22.5 Å². The molecule has 2 aromatic rings. The molecule has 0 bridgehead atoms. The Morgan fingerprint density at radius 2 is 1.83 bits per heavy atom. The van der Waals surface area contributed by atoms with Crippen LogP contribution in [0.25, 0.3) is 11.3 Å². The zero-order valence-electron chi connectivity index (χ0n) is 10.9. The van der Waals surface area contributed by atoms with Gasteiger partial charge in [0.25, 0.3) is 5.56 Å². The molecule has 1 aromatic heterocycles. The number of rotatable bonds is 1. The van der Waals surface area contributed by atoms with E-state index < -0.39 is 0 Å². The fourth-order valence-corrected chi connectivity index (χ4v) is 2.10. The highest BCUT2D eigenvalue weighted by Gasteiger charge is 2.15. The van der Waals surface area contributed by atoms with Gasteiger partial charge in [0.1, 0.15) is 11.6 Å².